The SMILES string of the molecule is CCCC[C@H](NC(=O)c1ccccc1N(C)C(=O)C1CC1)C(=O)O. The van der Waals surface area contributed by atoms with E-state index in [-0.39, 0.29) is 11.8 Å². The molecule has 0 saturated heterocycles. The molecule has 0 aliphatic heterocycles. The van der Waals surface area contributed by atoms with Gasteiger partial charge in [-0.3, -0.25) is 9.59 Å². The molecule has 1 saturated carbocycles. The number of nitrogens with one attached hydrogen (secondary N) is 1. The zero-order valence-corrected chi connectivity index (χ0v) is 14.1. The molecule has 0 bridgehead atoms. The van der Waals surface area contributed by atoms with E-state index in [4.69, 9.17) is 0 Å². The van der Waals surface area contributed by atoms with Crippen LogP contribution in [0.15, 0.2) is 24.3 Å². The van der Waals surface area contributed by atoms with Crippen LogP contribution in [-0.2, 0) is 9.59 Å². The maximum Gasteiger partial charge on any atom is 0.326 e. The average molecular weight is 332 g/mol. The molecule has 2 amide bonds. The fourth-order valence-electron chi connectivity index (χ4n) is 2.58. The Kier molecular flexibility index (Phi) is 5.95. The third-order valence-corrected chi connectivity index (χ3v) is 4.22. The summed E-state index contributed by atoms with van der Waals surface area (Å²) in [6, 6.07) is 5.86. The van der Waals surface area contributed by atoms with E-state index in [1.54, 1.807) is 31.3 Å². The molecule has 24 heavy (non-hydrogen) atoms. The van der Waals surface area contributed by atoms with Crippen molar-refractivity contribution in [3.05, 3.63) is 29.8 Å². The van der Waals surface area contributed by atoms with Gasteiger partial charge in [0.25, 0.3) is 5.91 Å². The number of para-hydroxylation sites is 1. The van der Waals surface area contributed by atoms with Gasteiger partial charge in [0.05, 0.1) is 11.3 Å². The van der Waals surface area contributed by atoms with Gasteiger partial charge >= 0.3 is 5.97 Å². The Bertz CT molecular complexity index is 625. The number of benzene rings is 1. The van der Waals surface area contributed by atoms with Crippen LogP contribution >= 0.6 is 0 Å². The number of carbonyl (C=O) groups is 3. The first-order valence-corrected chi connectivity index (χ1v) is 8.36. The standard InChI is InChI=1S/C18H24N2O4/c1-3-4-8-14(18(23)24)19-16(21)13-7-5-6-9-15(13)20(2)17(22)12-10-11-12/h5-7,9,12,14H,3-4,8,10-11H2,1-2H3,(H,19,21)(H,23,24)/t14-/m0/s1. The van der Waals surface area contributed by atoms with E-state index in [0.717, 1.165) is 25.7 Å². The minimum Gasteiger partial charge on any atom is -0.480 e. The number of carboxylic acids is 1. The molecule has 1 fully saturated rings. The Hall–Kier alpha value is -2.37. The fraction of sp³-hybridized carbons (Fsp3) is 0.500. The Morgan fingerprint density at radius 1 is 1.29 bits per heavy atom. The van der Waals surface area contributed by atoms with Gasteiger partial charge in [0, 0.05) is 13.0 Å². The summed E-state index contributed by atoms with van der Waals surface area (Å²) in [5.41, 5.74) is 0.822. The second-order valence-electron chi connectivity index (χ2n) is 6.20. The van der Waals surface area contributed by atoms with Crippen molar-refractivity contribution >= 4 is 23.5 Å². The molecule has 0 spiro atoms. The van der Waals surface area contributed by atoms with Gasteiger partial charge in [0.2, 0.25) is 5.91 Å². The molecule has 0 aromatic heterocycles. The molecule has 6 nitrogen and oxygen atoms in total. The zero-order chi connectivity index (χ0) is 17.7. The lowest BCUT2D eigenvalue weighted by molar-refractivity contribution is -0.139. The first kappa shape index (κ1) is 18.0. The Balaban J connectivity index is 2.16. The summed E-state index contributed by atoms with van der Waals surface area (Å²) >= 11 is 0. The van der Waals surface area contributed by atoms with Crippen molar-refractivity contribution < 1.29 is 19.5 Å². The number of unbranched alkanes of at least 4 members (excludes halogenated alkanes) is 1. The number of anilines is 1. The van der Waals surface area contributed by atoms with Gasteiger partial charge in [-0.2, -0.15) is 0 Å². The lowest BCUT2D eigenvalue weighted by atomic mass is 10.1. The number of aliphatic carboxylic acids is 1. The number of rotatable bonds is 8. The van der Waals surface area contributed by atoms with Crippen LogP contribution in [0, 0.1) is 5.92 Å². The van der Waals surface area contributed by atoms with Crippen LogP contribution in [0.4, 0.5) is 5.69 Å². The quantitative estimate of drug-likeness (QED) is 0.765. The minimum atomic E-state index is -1.04. The maximum absolute atomic E-state index is 12.5. The van der Waals surface area contributed by atoms with Gasteiger partial charge in [-0.1, -0.05) is 31.9 Å². The molecule has 1 aliphatic rings. The molecule has 6 heteroatoms. The summed E-state index contributed by atoms with van der Waals surface area (Å²) in [5, 5.41) is 11.8. The van der Waals surface area contributed by atoms with E-state index in [1.165, 1.54) is 4.90 Å². The Morgan fingerprint density at radius 3 is 2.54 bits per heavy atom. The average Bonchev–Trinajstić information content (AvgIpc) is 3.41. The normalized spacial score (nSPS) is 14.8. The van der Waals surface area contributed by atoms with Gasteiger partial charge in [-0.25, -0.2) is 4.79 Å². The molecule has 1 aromatic rings. The second-order valence-corrected chi connectivity index (χ2v) is 6.20. The predicted octanol–water partition coefficient (Wildman–Crippen LogP) is 2.43. The van der Waals surface area contributed by atoms with Crippen molar-refractivity contribution in [2.45, 2.75) is 45.1 Å². The van der Waals surface area contributed by atoms with Crippen molar-refractivity contribution in [3.8, 4) is 0 Å². The largest absolute Gasteiger partial charge is 0.480 e. The first-order valence-electron chi connectivity index (χ1n) is 8.36. The minimum absolute atomic E-state index is 0.00369. The predicted molar refractivity (Wildman–Crippen MR) is 91.0 cm³/mol. The summed E-state index contributed by atoms with van der Waals surface area (Å²) < 4.78 is 0. The van der Waals surface area contributed by atoms with E-state index in [1.807, 2.05) is 6.92 Å². The van der Waals surface area contributed by atoms with E-state index >= 15 is 0 Å². The number of hydrogen-bond acceptors (Lipinski definition) is 3. The summed E-state index contributed by atoms with van der Waals surface area (Å²) in [4.78, 5) is 37.6. The molecule has 2 rings (SSSR count). The molecule has 1 aliphatic carbocycles. The molecule has 0 unspecified atom stereocenters. The van der Waals surface area contributed by atoms with Crippen LogP contribution in [0.3, 0.4) is 0 Å². The summed E-state index contributed by atoms with van der Waals surface area (Å²) in [6.45, 7) is 1.97. The van der Waals surface area contributed by atoms with Gasteiger partial charge in [-0.05, 0) is 31.4 Å². The van der Waals surface area contributed by atoms with E-state index in [9.17, 15) is 19.5 Å². The van der Waals surface area contributed by atoms with Crippen LogP contribution in [0.5, 0.6) is 0 Å². The van der Waals surface area contributed by atoms with Crippen LogP contribution in [0.25, 0.3) is 0 Å². The molecular formula is C18H24N2O4. The number of carbonyl (C=O) groups excluding carboxylic acids is 2. The van der Waals surface area contributed by atoms with Gasteiger partial charge < -0.3 is 15.3 Å². The van der Waals surface area contributed by atoms with Crippen molar-refractivity contribution in [2.24, 2.45) is 5.92 Å². The van der Waals surface area contributed by atoms with Crippen molar-refractivity contribution in [1.82, 2.24) is 5.32 Å². The monoisotopic (exact) mass is 332 g/mol. The molecule has 0 radical (unpaired) electrons. The molecule has 2 N–H and O–H groups in total. The van der Waals surface area contributed by atoms with Crippen LogP contribution in [0.2, 0.25) is 0 Å². The Labute approximate surface area is 141 Å². The van der Waals surface area contributed by atoms with Crippen molar-refractivity contribution in [2.75, 3.05) is 11.9 Å². The topological polar surface area (TPSA) is 86.7 Å². The van der Waals surface area contributed by atoms with Crippen molar-refractivity contribution in [1.29, 1.82) is 0 Å². The number of hydrogen-bond donors (Lipinski definition) is 2. The molecule has 130 valence electrons. The van der Waals surface area contributed by atoms with Crippen molar-refractivity contribution in [3.63, 3.8) is 0 Å². The van der Waals surface area contributed by atoms with Gasteiger partial charge in [0.1, 0.15) is 6.04 Å². The van der Waals surface area contributed by atoms with Gasteiger partial charge in [-0.15, -0.1) is 0 Å². The zero-order valence-electron chi connectivity index (χ0n) is 14.1. The summed E-state index contributed by atoms with van der Waals surface area (Å²) in [7, 11) is 1.65. The number of carboxylic acid groups (broad SMARTS) is 1. The highest BCUT2D eigenvalue weighted by Crippen LogP contribution is 2.33. The smallest absolute Gasteiger partial charge is 0.326 e. The van der Waals surface area contributed by atoms with Crippen LogP contribution in [-0.4, -0.2) is 36.0 Å². The van der Waals surface area contributed by atoms with E-state index < -0.39 is 17.9 Å². The Morgan fingerprint density at radius 2 is 1.96 bits per heavy atom. The van der Waals surface area contributed by atoms with Crippen LogP contribution < -0.4 is 10.2 Å². The first-order chi connectivity index (χ1) is 11.5. The van der Waals surface area contributed by atoms with E-state index in [0.29, 0.717) is 17.7 Å². The van der Waals surface area contributed by atoms with Gasteiger partial charge in [0.15, 0.2) is 0 Å². The highest BCUT2D eigenvalue weighted by Gasteiger charge is 2.33. The third-order valence-electron chi connectivity index (χ3n) is 4.22. The summed E-state index contributed by atoms with van der Waals surface area (Å²) in [6.07, 6.45) is 3.73. The lowest BCUT2D eigenvalue weighted by Crippen LogP contribution is -2.41. The van der Waals surface area contributed by atoms with E-state index in [2.05, 4.69) is 5.32 Å². The molecular weight excluding hydrogens is 308 g/mol. The molecule has 1 aromatic carbocycles. The lowest BCUT2D eigenvalue weighted by Gasteiger charge is -2.21. The van der Waals surface area contributed by atoms with Crippen LogP contribution in [0.1, 0.15) is 49.4 Å². The number of amides is 2. The highest BCUT2D eigenvalue weighted by atomic mass is 16.4. The summed E-state index contributed by atoms with van der Waals surface area (Å²) in [5.74, 6) is -1.47. The number of nitrogens with zero attached hydrogens (tertiary/aromatic N) is 1. The fourth-order valence-corrected chi connectivity index (χ4v) is 2.58. The maximum atomic E-state index is 12.5. The highest BCUT2D eigenvalue weighted by molar-refractivity contribution is 6.06. The molecule has 0 heterocycles. The second kappa shape index (κ2) is 7.95. The third kappa shape index (κ3) is 4.34. The molecule has 1 atom stereocenters.